The van der Waals surface area contributed by atoms with E-state index in [0.717, 1.165) is 30.4 Å². The van der Waals surface area contributed by atoms with Crippen LogP contribution in [0.1, 0.15) is 56.9 Å². The fourth-order valence-corrected chi connectivity index (χ4v) is 2.87. The van der Waals surface area contributed by atoms with Gasteiger partial charge in [-0.3, -0.25) is 4.79 Å². The minimum Gasteiger partial charge on any atom is -0.458 e. The van der Waals surface area contributed by atoms with E-state index in [1.54, 1.807) is 0 Å². The summed E-state index contributed by atoms with van der Waals surface area (Å²) in [5, 5.41) is 3.92. The number of esters is 1. The van der Waals surface area contributed by atoms with E-state index in [9.17, 15) is 9.59 Å². The van der Waals surface area contributed by atoms with E-state index in [-0.39, 0.29) is 17.4 Å². The lowest BCUT2D eigenvalue weighted by Crippen LogP contribution is -2.31. The van der Waals surface area contributed by atoms with E-state index >= 15 is 0 Å². The molecule has 1 aromatic rings. The van der Waals surface area contributed by atoms with E-state index in [2.05, 4.69) is 25.9 Å². The van der Waals surface area contributed by atoms with Crippen LogP contribution in [0.5, 0.6) is 0 Å². The third-order valence-electron chi connectivity index (χ3n) is 4.34. The third-order valence-corrected chi connectivity index (χ3v) is 4.34. The zero-order valence-corrected chi connectivity index (χ0v) is 13.3. The van der Waals surface area contributed by atoms with Gasteiger partial charge in [0.15, 0.2) is 5.69 Å². The first-order chi connectivity index (χ1) is 9.77. The van der Waals surface area contributed by atoms with Crippen LogP contribution in [0, 0.1) is 11.3 Å². The maximum Gasteiger partial charge on any atom is 0.359 e. The van der Waals surface area contributed by atoms with Crippen LogP contribution in [0.2, 0.25) is 0 Å². The molecule has 0 amide bonds. The first kappa shape index (κ1) is 15.7. The van der Waals surface area contributed by atoms with Gasteiger partial charge < -0.3 is 4.74 Å². The van der Waals surface area contributed by atoms with E-state index in [0.29, 0.717) is 11.3 Å². The van der Waals surface area contributed by atoms with E-state index in [1.165, 1.54) is 19.2 Å². The standard InChI is InChI=1S/C16H24N2O3/c1-16(2,3)11-5-7-12(8-6-11)21-15(20)13-9-10-14(19)18(4)17-13/h9-12H,5-8H2,1-4H3. The molecule has 21 heavy (non-hydrogen) atoms. The molecule has 1 heterocycles. The number of aryl methyl sites for hydroxylation is 1. The highest BCUT2D eigenvalue weighted by Crippen LogP contribution is 2.38. The van der Waals surface area contributed by atoms with Gasteiger partial charge in [0, 0.05) is 13.1 Å². The van der Waals surface area contributed by atoms with E-state index < -0.39 is 5.97 Å². The van der Waals surface area contributed by atoms with Gasteiger partial charge in [0.1, 0.15) is 6.10 Å². The summed E-state index contributed by atoms with van der Waals surface area (Å²) in [4.78, 5) is 23.3. The van der Waals surface area contributed by atoms with Gasteiger partial charge in [0.05, 0.1) is 0 Å². The first-order valence-corrected chi connectivity index (χ1v) is 7.52. The summed E-state index contributed by atoms with van der Waals surface area (Å²) in [5.41, 5.74) is 0.265. The SMILES string of the molecule is Cn1nc(C(=O)OC2CCC(C(C)(C)C)CC2)ccc1=O. The molecule has 0 N–H and O–H groups in total. The molecule has 5 heteroatoms. The van der Waals surface area contributed by atoms with Crippen molar-refractivity contribution in [2.45, 2.75) is 52.6 Å². The van der Waals surface area contributed by atoms with Gasteiger partial charge in [-0.2, -0.15) is 5.10 Å². The number of aromatic nitrogens is 2. The average molecular weight is 292 g/mol. The van der Waals surface area contributed by atoms with Gasteiger partial charge in [-0.1, -0.05) is 20.8 Å². The molecule has 0 bridgehead atoms. The molecule has 1 saturated carbocycles. The van der Waals surface area contributed by atoms with Crippen LogP contribution >= 0.6 is 0 Å². The number of carbonyl (C=O) groups is 1. The van der Waals surface area contributed by atoms with Gasteiger partial charge in [-0.05, 0) is 43.1 Å². The van der Waals surface area contributed by atoms with Crippen molar-refractivity contribution in [1.29, 1.82) is 0 Å². The molecule has 0 aromatic carbocycles. The fourth-order valence-electron chi connectivity index (χ4n) is 2.87. The normalized spacial score (nSPS) is 22.9. The number of carbonyl (C=O) groups excluding carboxylic acids is 1. The third kappa shape index (κ3) is 3.93. The van der Waals surface area contributed by atoms with Gasteiger partial charge >= 0.3 is 5.97 Å². The second kappa shape index (κ2) is 6.00. The molecule has 116 valence electrons. The molecule has 1 aromatic heterocycles. The predicted octanol–water partition coefficient (Wildman–Crippen LogP) is 2.54. The molecule has 2 rings (SSSR count). The van der Waals surface area contributed by atoms with Crippen LogP contribution < -0.4 is 5.56 Å². The zero-order valence-electron chi connectivity index (χ0n) is 13.3. The molecule has 0 saturated heterocycles. The van der Waals surface area contributed by atoms with Crippen molar-refractivity contribution in [3.05, 3.63) is 28.2 Å². The largest absolute Gasteiger partial charge is 0.458 e. The number of hydrogen-bond acceptors (Lipinski definition) is 4. The smallest absolute Gasteiger partial charge is 0.359 e. The van der Waals surface area contributed by atoms with Gasteiger partial charge in [0.2, 0.25) is 0 Å². The van der Waals surface area contributed by atoms with Crippen molar-refractivity contribution in [3.8, 4) is 0 Å². The highest BCUT2D eigenvalue weighted by Gasteiger charge is 2.31. The molecule has 5 nitrogen and oxygen atoms in total. The van der Waals surface area contributed by atoms with Crippen molar-refractivity contribution in [1.82, 2.24) is 9.78 Å². The Morgan fingerprint density at radius 1 is 1.24 bits per heavy atom. The second-order valence-electron chi connectivity index (χ2n) is 6.93. The summed E-state index contributed by atoms with van der Waals surface area (Å²) in [5.74, 6) is 0.243. The lowest BCUT2D eigenvalue weighted by molar-refractivity contribution is 0.00847. The van der Waals surface area contributed by atoms with Crippen molar-refractivity contribution in [3.63, 3.8) is 0 Å². The topological polar surface area (TPSA) is 61.2 Å². The molecule has 0 radical (unpaired) electrons. The lowest BCUT2D eigenvalue weighted by Gasteiger charge is -2.36. The molecule has 0 unspecified atom stereocenters. The molecule has 1 fully saturated rings. The monoisotopic (exact) mass is 292 g/mol. The summed E-state index contributed by atoms with van der Waals surface area (Å²) < 4.78 is 6.66. The molecule has 0 atom stereocenters. The Bertz CT molecular complexity index is 564. The summed E-state index contributed by atoms with van der Waals surface area (Å²) in [7, 11) is 1.52. The zero-order chi connectivity index (χ0) is 15.6. The molecular formula is C16H24N2O3. The van der Waals surface area contributed by atoms with Gasteiger partial charge in [0.25, 0.3) is 5.56 Å². The number of nitrogens with zero attached hydrogens (tertiary/aromatic N) is 2. The van der Waals surface area contributed by atoms with Crippen LogP contribution in [0.3, 0.4) is 0 Å². The van der Waals surface area contributed by atoms with Crippen molar-refractivity contribution >= 4 is 5.97 Å². The molecule has 1 aliphatic rings. The van der Waals surface area contributed by atoms with Crippen LogP contribution in [-0.4, -0.2) is 21.9 Å². The van der Waals surface area contributed by atoms with Gasteiger partial charge in [-0.15, -0.1) is 0 Å². The van der Waals surface area contributed by atoms with Crippen LogP contribution in [0.15, 0.2) is 16.9 Å². The Kier molecular flexibility index (Phi) is 4.49. The van der Waals surface area contributed by atoms with E-state index in [1.807, 2.05) is 0 Å². The highest BCUT2D eigenvalue weighted by atomic mass is 16.5. The molecule has 0 aliphatic heterocycles. The molecular weight excluding hydrogens is 268 g/mol. The Hall–Kier alpha value is -1.65. The van der Waals surface area contributed by atoms with Crippen LogP contribution in [0.4, 0.5) is 0 Å². The highest BCUT2D eigenvalue weighted by molar-refractivity contribution is 5.87. The summed E-state index contributed by atoms with van der Waals surface area (Å²) in [6, 6.07) is 2.76. The quantitative estimate of drug-likeness (QED) is 0.786. The Morgan fingerprint density at radius 2 is 1.86 bits per heavy atom. The molecule has 0 spiro atoms. The van der Waals surface area contributed by atoms with Gasteiger partial charge in [-0.25, -0.2) is 9.48 Å². The minimum atomic E-state index is -0.440. The Labute approximate surface area is 125 Å². The number of hydrogen-bond donors (Lipinski definition) is 0. The maximum absolute atomic E-state index is 12.1. The van der Waals surface area contributed by atoms with Crippen molar-refractivity contribution in [2.75, 3.05) is 0 Å². The summed E-state index contributed by atoms with van der Waals surface area (Å²) >= 11 is 0. The lowest BCUT2D eigenvalue weighted by atomic mass is 9.72. The Balaban J connectivity index is 1.93. The number of rotatable bonds is 2. The van der Waals surface area contributed by atoms with Crippen LogP contribution in [-0.2, 0) is 11.8 Å². The summed E-state index contributed by atoms with van der Waals surface area (Å²) in [6.07, 6.45) is 3.94. The predicted molar refractivity (Wildman–Crippen MR) is 80.1 cm³/mol. The maximum atomic E-state index is 12.1. The minimum absolute atomic E-state index is 0.0323. The average Bonchev–Trinajstić information content (AvgIpc) is 2.41. The van der Waals surface area contributed by atoms with Crippen molar-refractivity contribution < 1.29 is 9.53 Å². The van der Waals surface area contributed by atoms with E-state index in [4.69, 9.17) is 4.74 Å². The van der Waals surface area contributed by atoms with Crippen LogP contribution in [0.25, 0.3) is 0 Å². The molecule has 1 aliphatic carbocycles. The second-order valence-corrected chi connectivity index (χ2v) is 6.93. The van der Waals surface area contributed by atoms with Crippen molar-refractivity contribution in [2.24, 2.45) is 18.4 Å². The number of ether oxygens (including phenoxy) is 1. The summed E-state index contributed by atoms with van der Waals surface area (Å²) in [6.45, 7) is 6.79. The Morgan fingerprint density at radius 3 is 2.38 bits per heavy atom. The first-order valence-electron chi connectivity index (χ1n) is 7.52. The fraction of sp³-hybridized carbons (Fsp3) is 0.688.